The number of nitrogens with zero attached hydrogens (tertiary/aromatic N) is 1. The number of rotatable bonds is 3. The number of pyridine rings is 1. The van der Waals surface area contributed by atoms with Crippen molar-refractivity contribution in [3.63, 3.8) is 0 Å². The van der Waals surface area contributed by atoms with Gasteiger partial charge in [-0.25, -0.2) is 4.98 Å². The Morgan fingerprint density at radius 3 is 2.72 bits per heavy atom. The maximum Gasteiger partial charge on any atom is 0.388 e. The molecule has 0 spiro atoms. The molecule has 94 valence electrons. The summed E-state index contributed by atoms with van der Waals surface area (Å²) in [5.41, 5.74) is 1.24. The van der Waals surface area contributed by atoms with Crippen molar-refractivity contribution in [3.05, 3.63) is 35.4 Å². The third kappa shape index (κ3) is 2.56. The first-order valence-corrected chi connectivity index (χ1v) is 5.41. The van der Waals surface area contributed by atoms with E-state index in [1.165, 1.54) is 12.1 Å². The molecule has 2 rings (SSSR count). The lowest BCUT2D eigenvalue weighted by molar-refractivity contribution is -0.0531. The van der Waals surface area contributed by atoms with Gasteiger partial charge in [-0.1, -0.05) is 0 Å². The van der Waals surface area contributed by atoms with E-state index in [1.807, 2.05) is 0 Å². The van der Waals surface area contributed by atoms with Gasteiger partial charge >= 0.3 is 6.61 Å². The first-order valence-electron chi connectivity index (χ1n) is 5.03. The van der Waals surface area contributed by atoms with E-state index in [9.17, 15) is 13.6 Å². The van der Waals surface area contributed by atoms with Crippen molar-refractivity contribution in [3.8, 4) is 5.88 Å². The van der Waals surface area contributed by atoms with Crippen LogP contribution in [0.3, 0.4) is 0 Å². The molecule has 1 aromatic carbocycles. The standard InChI is InChI=1S/C12H8ClF2NO2/c1-6-4-8-5-7(10(13)17)2-3-9(8)16-11(6)18-12(14)15/h2-5,12H,1H3. The van der Waals surface area contributed by atoms with Gasteiger partial charge in [-0.2, -0.15) is 8.78 Å². The molecule has 0 aliphatic carbocycles. The average Bonchev–Trinajstić information content (AvgIpc) is 2.28. The summed E-state index contributed by atoms with van der Waals surface area (Å²) < 4.78 is 28.6. The summed E-state index contributed by atoms with van der Waals surface area (Å²) in [7, 11) is 0. The van der Waals surface area contributed by atoms with E-state index in [4.69, 9.17) is 11.6 Å². The Hall–Kier alpha value is -1.75. The largest absolute Gasteiger partial charge is 0.417 e. The summed E-state index contributed by atoms with van der Waals surface area (Å²) in [6.07, 6.45) is 0. The topological polar surface area (TPSA) is 39.2 Å². The van der Waals surface area contributed by atoms with Crippen LogP contribution in [0.15, 0.2) is 24.3 Å². The summed E-state index contributed by atoms with van der Waals surface area (Å²) in [4.78, 5) is 15.0. The second kappa shape index (κ2) is 4.86. The molecule has 0 N–H and O–H groups in total. The molecule has 0 aliphatic heterocycles. The van der Waals surface area contributed by atoms with Crippen LogP contribution in [-0.4, -0.2) is 16.8 Å². The number of aromatic nitrogens is 1. The molecule has 3 nitrogen and oxygen atoms in total. The summed E-state index contributed by atoms with van der Waals surface area (Å²) in [6.45, 7) is -1.32. The number of benzene rings is 1. The molecule has 1 aromatic heterocycles. The quantitative estimate of drug-likeness (QED) is 0.802. The maximum absolute atomic E-state index is 12.1. The third-order valence-corrected chi connectivity index (χ3v) is 2.60. The highest BCUT2D eigenvalue weighted by atomic mass is 35.5. The predicted octanol–water partition coefficient (Wildman–Crippen LogP) is 3.52. The summed E-state index contributed by atoms with van der Waals surface area (Å²) in [5.74, 6) is -0.123. The van der Waals surface area contributed by atoms with Crippen LogP contribution in [0.25, 0.3) is 10.9 Å². The Balaban J connectivity index is 2.53. The maximum atomic E-state index is 12.1. The zero-order valence-electron chi connectivity index (χ0n) is 9.28. The Morgan fingerprint density at radius 2 is 2.11 bits per heavy atom. The van der Waals surface area contributed by atoms with Crippen molar-refractivity contribution in [2.75, 3.05) is 0 Å². The minimum Gasteiger partial charge on any atom is -0.417 e. The summed E-state index contributed by atoms with van der Waals surface area (Å²) >= 11 is 5.36. The van der Waals surface area contributed by atoms with Crippen LogP contribution in [0.5, 0.6) is 5.88 Å². The predicted molar refractivity (Wildman–Crippen MR) is 63.3 cm³/mol. The number of fused-ring (bicyclic) bond motifs is 1. The van der Waals surface area contributed by atoms with Gasteiger partial charge in [0, 0.05) is 16.5 Å². The molecule has 0 radical (unpaired) electrons. The normalized spacial score (nSPS) is 10.9. The highest BCUT2D eigenvalue weighted by molar-refractivity contribution is 6.67. The molecule has 0 bridgehead atoms. The fourth-order valence-electron chi connectivity index (χ4n) is 1.59. The van der Waals surface area contributed by atoms with Gasteiger partial charge in [0.25, 0.3) is 5.24 Å². The van der Waals surface area contributed by atoms with Gasteiger partial charge in [0.2, 0.25) is 5.88 Å². The van der Waals surface area contributed by atoms with Crippen molar-refractivity contribution in [2.24, 2.45) is 0 Å². The zero-order valence-corrected chi connectivity index (χ0v) is 10.0. The molecule has 0 aliphatic rings. The lowest BCUT2D eigenvalue weighted by Crippen LogP contribution is -2.05. The van der Waals surface area contributed by atoms with Crippen molar-refractivity contribution >= 4 is 27.7 Å². The Labute approximate surface area is 106 Å². The van der Waals surface area contributed by atoms with Gasteiger partial charge in [0.05, 0.1) is 5.52 Å². The molecular weight excluding hydrogens is 264 g/mol. The number of hydrogen-bond acceptors (Lipinski definition) is 3. The van der Waals surface area contributed by atoms with Crippen LogP contribution in [0.2, 0.25) is 0 Å². The first kappa shape index (κ1) is 12.7. The lowest BCUT2D eigenvalue weighted by atomic mass is 10.1. The number of hydrogen-bond donors (Lipinski definition) is 0. The van der Waals surface area contributed by atoms with E-state index in [-0.39, 0.29) is 5.88 Å². The van der Waals surface area contributed by atoms with Crippen LogP contribution in [0.1, 0.15) is 15.9 Å². The monoisotopic (exact) mass is 271 g/mol. The molecule has 0 unspecified atom stereocenters. The molecule has 0 atom stereocenters. The zero-order chi connectivity index (χ0) is 13.3. The van der Waals surface area contributed by atoms with Crippen LogP contribution in [0, 0.1) is 6.92 Å². The number of aryl methyl sites for hydroxylation is 1. The minimum absolute atomic E-state index is 0.123. The summed E-state index contributed by atoms with van der Waals surface area (Å²) in [6, 6.07) is 6.18. The molecule has 18 heavy (non-hydrogen) atoms. The number of ether oxygens (including phenoxy) is 1. The Morgan fingerprint density at radius 1 is 1.39 bits per heavy atom. The Bertz CT molecular complexity index is 616. The van der Waals surface area contributed by atoms with E-state index in [1.54, 1.807) is 19.1 Å². The highest BCUT2D eigenvalue weighted by Crippen LogP contribution is 2.24. The van der Waals surface area contributed by atoms with Gasteiger partial charge in [-0.15, -0.1) is 0 Å². The van der Waals surface area contributed by atoms with Gasteiger partial charge < -0.3 is 4.74 Å². The van der Waals surface area contributed by atoms with Gasteiger partial charge in [-0.05, 0) is 42.8 Å². The van der Waals surface area contributed by atoms with Crippen LogP contribution in [0.4, 0.5) is 8.78 Å². The fourth-order valence-corrected chi connectivity index (χ4v) is 1.71. The second-order valence-corrected chi connectivity index (χ2v) is 4.01. The molecule has 0 amide bonds. The smallest absolute Gasteiger partial charge is 0.388 e. The molecule has 2 aromatic rings. The molecule has 0 saturated heterocycles. The molecular formula is C12H8ClF2NO2. The van der Waals surface area contributed by atoms with Crippen LogP contribution < -0.4 is 4.74 Å². The van der Waals surface area contributed by atoms with Gasteiger partial charge in [0.15, 0.2) is 0 Å². The van der Waals surface area contributed by atoms with Crippen molar-refractivity contribution in [1.82, 2.24) is 4.98 Å². The average molecular weight is 272 g/mol. The molecule has 1 heterocycles. The number of carbonyl (C=O) groups is 1. The van der Waals surface area contributed by atoms with Crippen molar-refractivity contribution < 1.29 is 18.3 Å². The lowest BCUT2D eigenvalue weighted by Gasteiger charge is -2.08. The molecule has 0 fully saturated rings. The van der Waals surface area contributed by atoms with E-state index < -0.39 is 11.9 Å². The van der Waals surface area contributed by atoms with Gasteiger partial charge in [0.1, 0.15) is 0 Å². The van der Waals surface area contributed by atoms with Crippen molar-refractivity contribution in [2.45, 2.75) is 13.5 Å². The van der Waals surface area contributed by atoms with Crippen LogP contribution >= 0.6 is 11.6 Å². The number of halogens is 3. The van der Waals surface area contributed by atoms with Gasteiger partial charge in [-0.3, -0.25) is 4.79 Å². The first-order chi connectivity index (χ1) is 8.47. The number of alkyl halides is 2. The Kier molecular flexibility index (Phi) is 3.43. The second-order valence-electron chi connectivity index (χ2n) is 3.67. The SMILES string of the molecule is Cc1cc2cc(C(=O)Cl)ccc2nc1OC(F)F. The summed E-state index contributed by atoms with van der Waals surface area (Å²) in [5, 5.41) is 0.0584. The van der Waals surface area contributed by atoms with E-state index in [2.05, 4.69) is 9.72 Å². The molecule has 0 saturated carbocycles. The third-order valence-electron chi connectivity index (χ3n) is 2.39. The number of carbonyl (C=O) groups excluding carboxylic acids is 1. The van der Waals surface area contributed by atoms with E-state index in [0.717, 1.165) is 0 Å². The minimum atomic E-state index is -2.92. The van der Waals surface area contributed by atoms with E-state index in [0.29, 0.717) is 22.0 Å². The molecule has 6 heteroatoms. The van der Waals surface area contributed by atoms with Crippen molar-refractivity contribution in [1.29, 1.82) is 0 Å². The van der Waals surface area contributed by atoms with E-state index >= 15 is 0 Å². The fraction of sp³-hybridized carbons (Fsp3) is 0.167. The van der Waals surface area contributed by atoms with Crippen LogP contribution in [-0.2, 0) is 0 Å². The highest BCUT2D eigenvalue weighted by Gasteiger charge is 2.11.